The van der Waals surface area contributed by atoms with Gasteiger partial charge in [0.05, 0.1) is 6.10 Å². The number of alkyl carbamates (subject to hydrolysis) is 1. The Labute approximate surface area is 291 Å². The van der Waals surface area contributed by atoms with Gasteiger partial charge in [-0.1, -0.05) is 78.4 Å². The van der Waals surface area contributed by atoms with Gasteiger partial charge in [0, 0.05) is 19.6 Å². The van der Waals surface area contributed by atoms with Crippen LogP contribution in [0.5, 0.6) is 0 Å². The highest BCUT2D eigenvalue weighted by atomic mass is 16.7. The number of rotatable bonds is 14. The van der Waals surface area contributed by atoms with Crippen molar-refractivity contribution >= 4 is 6.09 Å². The lowest BCUT2D eigenvalue weighted by molar-refractivity contribution is -0.293. The van der Waals surface area contributed by atoms with Crippen LogP contribution in [0.15, 0.2) is 11.6 Å². The Kier molecular flexibility index (Phi) is 13.0. The third-order valence-corrected chi connectivity index (χ3v) is 14.0. The van der Waals surface area contributed by atoms with Crippen LogP contribution in [0.4, 0.5) is 4.79 Å². The number of amides is 1. The molecule has 0 radical (unpaired) electrons. The number of carbonyl (C=O) groups excluding carboxylic acids is 1. The molecule has 0 aromatic rings. The number of aliphatic hydroxyl groups is 3. The highest BCUT2D eigenvalue weighted by Crippen LogP contribution is 2.67. The van der Waals surface area contributed by atoms with Gasteiger partial charge >= 0.3 is 6.09 Å². The zero-order valence-electron chi connectivity index (χ0n) is 31.0. The summed E-state index contributed by atoms with van der Waals surface area (Å²) < 4.78 is 17.0. The summed E-state index contributed by atoms with van der Waals surface area (Å²) in [6.45, 7) is 15.1. The third-order valence-electron chi connectivity index (χ3n) is 14.0. The number of unbranched alkanes of at least 4 members (excludes halogenated alkanes) is 3. The smallest absolute Gasteiger partial charge is 0.407 e. The van der Waals surface area contributed by atoms with E-state index in [9.17, 15) is 20.1 Å². The van der Waals surface area contributed by atoms with Crippen molar-refractivity contribution < 1.29 is 34.3 Å². The van der Waals surface area contributed by atoms with Crippen LogP contribution in [0.2, 0.25) is 0 Å². The van der Waals surface area contributed by atoms with Crippen LogP contribution in [0.3, 0.4) is 0 Å². The van der Waals surface area contributed by atoms with E-state index in [0.29, 0.717) is 18.6 Å². The molecule has 4 fully saturated rings. The molecule has 10 unspecified atom stereocenters. The van der Waals surface area contributed by atoms with E-state index in [1.807, 2.05) is 0 Å². The molecular formula is C40H69NO7. The number of hydrogen-bond acceptors (Lipinski definition) is 7. The van der Waals surface area contributed by atoms with Crippen molar-refractivity contribution in [3.63, 3.8) is 0 Å². The fourth-order valence-electron chi connectivity index (χ4n) is 11.1. The molecule has 1 saturated heterocycles. The highest BCUT2D eigenvalue weighted by Gasteiger charge is 2.59. The number of fused-ring (bicyclic) bond motifs is 5. The van der Waals surface area contributed by atoms with E-state index in [2.05, 4.69) is 46.0 Å². The minimum atomic E-state index is -1.28. The second-order valence-corrected chi connectivity index (χ2v) is 17.5. The van der Waals surface area contributed by atoms with Crippen molar-refractivity contribution in [1.82, 2.24) is 5.32 Å². The minimum absolute atomic E-state index is 0.0332. The van der Waals surface area contributed by atoms with E-state index in [-0.39, 0.29) is 17.6 Å². The van der Waals surface area contributed by atoms with Crippen LogP contribution in [0.25, 0.3) is 0 Å². The fraction of sp³-hybridized carbons (Fsp3) is 0.925. The Balaban J connectivity index is 1.00. The Morgan fingerprint density at radius 1 is 0.938 bits per heavy atom. The molecular weight excluding hydrogens is 606 g/mol. The van der Waals surface area contributed by atoms with Crippen LogP contribution in [-0.4, -0.2) is 71.4 Å². The first-order valence-electron chi connectivity index (χ1n) is 19.8. The summed E-state index contributed by atoms with van der Waals surface area (Å²) in [7, 11) is 0. The predicted octanol–water partition coefficient (Wildman–Crippen LogP) is 7.53. The van der Waals surface area contributed by atoms with Gasteiger partial charge in [-0.2, -0.15) is 0 Å². The second kappa shape index (κ2) is 16.4. The molecule has 13 atom stereocenters. The zero-order valence-corrected chi connectivity index (χ0v) is 31.0. The second-order valence-electron chi connectivity index (χ2n) is 17.5. The lowest BCUT2D eigenvalue weighted by atomic mass is 9.47. The van der Waals surface area contributed by atoms with Gasteiger partial charge in [-0.05, 0) is 111 Å². The van der Waals surface area contributed by atoms with E-state index in [1.54, 1.807) is 12.5 Å². The number of nitrogens with one attached hydrogen (secondary N) is 1. The standard InChI is InChI=1S/C40H69NO7/c1-25(2)12-11-13-26(3)31-16-17-32-30-15-14-28-24-29(18-20-39(28,5)33(30)19-21-40(31,32)6)48-38(45)41-22-9-7-8-10-23-46-37-36(44)35(43)34(42)27(4)47-37/h14,25-27,29-37,42-44H,7-13,15-24H2,1-6H3,(H,41,45)/t26?,27?,29?,30?,31?,32?,33?,34-,35?,36?,37?,39-,40+/m0/s1. The Hall–Kier alpha value is -1.19. The maximum absolute atomic E-state index is 12.7. The first kappa shape index (κ1) is 38.1. The zero-order chi connectivity index (χ0) is 34.6. The van der Waals surface area contributed by atoms with Crippen molar-refractivity contribution in [3.8, 4) is 0 Å². The molecule has 5 aliphatic rings. The van der Waals surface area contributed by atoms with Gasteiger partial charge in [-0.3, -0.25) is 0 Å². The Morgan fingerprint density at radius 3 is 2.48 bits per heavy atom. The number of allylic oxidation sites excluding steroid dienone is 1. The van der Waals surface area contributed by atoms with Gasteiger partial charge in [0.15, 0.2) is 6.29 Å². The van der Waals surface area contributed by atoms with Crippen molar-refractivity contribution in [2.45, 2.75) is 175 Å². The topological polar surface area (TPSA) is 117 Å². The molecule has 4 N–H and O–H groups in total. The van der Waals surface area contributed by atoms with Gasteiger partial charge in [0.25, 0.3) is 0 Å². The number of ether oxygens (including phenoxy) is 3. The first-order valence-corrected chi connectivity index (χ1v) is 19.8. The molecule has 48 heavy (non-hydrogen) atoms. The molecule has 3 saturated carbocycles. The normalized spacial score (nSPS) is 41.6. The van der Waals surface area contributed by atoms with Gasteiger partial charge in [0.1, 0.15) is 24.4 Å². The maximum Gasteiger partial charge on any atom is 0.407 e. The van der Waals surface area contributed by atoms with Crippen molar-refractivity contribution in [2.75, 3.05) is 13.2 Å². The van der Waals surface area contributed by atoms with Gasteiger partial charge in [-0.15, -0.1) is 0 Å². The average molecular weight is 676 g/mol. The van der Waals surface area contributed by atoms with E-state index in [4.69, 9.17) is 14.2 Å². The molecule has 276 valence electrons. The van der Waals surface area contributed by atoms with Crippen LogP contribution in [0.1, 0.15) is 138 Å². The number of carbonyl (C=O) groups is 1. The van der Waals surface area contributed by atoms with Crippen molar-refractivity contribution in [1.29, 1.82) is 0 Å². The number of aliphatic hydroxyl groups excluding tert-OH is 3. The molecule has 0 aromatic heterocycles. The largest absolute Gasteiger partial charge is 0.446 e. The summed E-state index contributed by atoms with van der Waals surface area (Å²) in [6.07, 6.45) is 14.5. The Bertz CT molecular complexity index is 1080. The number of hydrogen-bond donors (Lipinski definition) is 4. The predicted molar refractivity (Wildman–Crippen MR) is 188 cm³/mol. The van der Waals surface area contributed by atoms with Crippen LogP contribution in [0, 0.1) is 46.3 Å². The summed E-state index contributed by atoms with van der Waals surface area (Å²) in [4.78, 5) is 12.7. The Morgan fingerprint density at radius 2 is 1.71 bits per heavy atom. The monoisotopic (exact) mass is 676 g/mol. The quantitative estimate of drug-likeness (QED) is 0.111. The van der Waals surface area contributed by atoms with Gasteiger partial charge in [0.2, 0.25) is 0 Å². The summed E-state index contributed by atoms with van der Waals surface area (Å²) in [5.74, 6) is 4.99. The lowest BCUT2D eigenvalue weighted by Gasteiger charge is -2.58. The van der Waals surface area contributed by atoms with Crippen LogP contribution >= 0.6 is 0 Å². The van der Waals surface area contributed by atoms with Crippen LogP contribution < -0.4 is 5.32 Å². The molecule has 0 spiro atoms. The van der Waals surface area contributed by atoms with Gasteiger partial charge < -0.3 is 34.8 Å². The SMILES string of the molecule is CC(C)CCCC(C)C1CCC2C3CC=C4CC(OC(=O)NCCCCCCOC5OC(C)[C@H](O)C(O)C5O)CC[C@]4(C)C3CC[C@]12C. The van der Waals surface area contributed by atoms with E-state index in [0.717, 1.165) is 80.5 Å². The molecule has 8 heteroatoms. The molecule has 0 aromatic carbocycles. The lowest BCUT2D eigenvalue weighted by Crippen LogP contribution is -2.57. The highest BCUT2D eigenvalue weighted by molar-refractivity contribution is 5.67. The summed E-state index contributed by atoms with van der Waals surface area (Å²) in [6, 6.07) is 0. The molecule has 8 nitrogen and oxygen atoms in total. The molecule has 1 heterocycles. The molecule has 1 aliphatic heterocycles. The molecule has 0 bridgehead atoms. The van der Waals surface area contributed by atoms with Crippen molar-refractivity contribution in [2.24, 2.45) is 46.3 Å². The minimum Gasteiger partial charge on any atom is -0.446 e. The van der Waals surface area contributed by atoms with Gasteiger partial charge in [-0.25, -0.2) is 4.79 Å². The third kappa shape index (κ3) is 8.30. The summed E-state index contributed by atoms with van der Waals surface area (Å²) in [5, 5.41) is 32.7. The molecule has 1 amide bonds. The molecule has 4 aliphatic carbocycles. The van der Waals surface area contributed by atoms with E-state index in [1.165, 1.54) is 51.4 Å². The van der Waals surface area contributed by atoms with E-state index >= 15 is 0 Å². The molecule has 5 rings (SSSR count). The average Bonchev–Trinajstić information content (AvgIpc) is 3.41. The summed E-state index contributed by atoms with van der Waals surface area (Å²) >= 11 is 0. The maximum atomic E-state index is 12.7. The van der Waals surface area contributed by atoms with E-state index < -0.39 is 30.7 Å². The van der Waals surface area contributed by atoms with Crippen molar-refractivity contribution in [3.05, 3.63) is 11.6 Å². The van der Waals surface area contributed by atoms with Crippen LogP contribution in [-0.2, 0) is 14.2 Å². The first-order chi connectivity index (χ1) is 22.8. The summed E-state index contributed by atoms with van der Waals surface area (Å²) in [5.41, 5.74) is 2.32. The fourth-order valence-corrected chi connectivity index (χ4v) is 11.1.